The molecule has 1 saturated carbocycles. The van der Waals surface area contributed by atoms with Crippen molar-refractivity contribution in [3.8, 4) is 10.8 Å². The van der Waals surface area contributed by atoms with Crippen LogP contribution in [0.4, 0.5) is 8.78 Å². The summed E-state index contributed by atoms with van der Waals surface area (Å²) >= 11 is 1.34. The Hall–Kier alpha value is -1.83. The lowest BCUT2D eigenvalue weighted by molar-refractivity contribution is 0.147. The van der Waals surface area contributed by atoms with Gasteiger partial charge in [0.25, 0.3) is 12.3 Å². The maximum atomic E-state index is 13.0. The van der Waals surface area contributed by atoms with E-state index in [0.29, 0.717) is 26.9 Å². The van der Waals surface area contributed by atoms with Crippen molar-refractivity contribution in [2.45, 2.75) is 31.6 Å². The molecule has 0 saturated heterocycles. The highest BCUT2D eigenvalue weighted by Gasteiger charge is 2.26. The predicted molar refractivity (Wildman–Crippen MR) is 73.4 cm³/mol. The topological polar surface area (TPSA) is 56.7 Å². The van der Waals surface area contributed by atoms with Crippen molar-refractivity contribution in [1.82, 2.24) is 19.9 Å². The van der Waals surface area contributed by atoms with Crippen molar-refractivity contribution in [1.29, 1.82) is 0 Å². The molecule has 3 heterocycles. The number of hydrogen-bond acceptors (Lipinski definition) is 5. The van der Waals surface area contributed by atoms with Crippen LogP contribution in [0.3, 0.4) is 0 Å². The fraction of sp³-hybridized carbons (Fsp3) is 0.462. The van der Waals surface area contributed by atoms with Crippen LogP contribution in [0, 0.1) is 0 Å². The van der Waals surface area contributed by atoms with Crippen LogP contribution in [-0.2, 0) is 7.05 Å². The summed E-state index contributed by atoms with van der Waals surface area (Å²) in [4.78, 5) is 5.79. The average molecular weight is 310 g/mol. The Morgan fingerprint density at radius 1 is 1.43 bits per heavy atom. The normalized spacial score (nSPS) is 16.0. The van der Waals surface area contributed by atoms with E-state index in [1.165, 1.54) is 22.4 Å². The second kappa shape index (κ2) is 4.59. The maximum absolute atomic E-state index is 13.0. The van der Waals surface area contributed by atoms with E-state index in [9.17, 15) is 8.78 Å². The van der Waals surface area contributed by atoms with E-state index in [4.69, 9.17) is 4.52 Å². The largest absolute Gasteiger partial charge is 0.333 e. The van der Waals surface area contributed by atoms with Gasteiger partial charge in [-0.15, -0.1) is 11.3 Å². The molecule has 1 fully saturated rings. The summed E-state index contributed by atoms with van der Waals surface area (Å²) in [5, 5.41) is 8.30. The van der Waals surface area contributed by atoms with Gasteiger partial charge in [0, 0.05) is 18.4 Å². The molecule has 0 amide bonds. The fourth-order valence-electron chi connectivity index (χ4n) is 2.50. The molecule has 1 aliphatic carbocycles. The number of hydrogen-bond donors (Lipinski definition) is 0. The Labute approximate surface area is 122 Å². The molecule has 0 bridgehead atoms. The summed E-state index contributed by atoms with van der Waals surface area (Å²) in [6.45, 7) is 0. The molecular formula is C13H12F2N4OS. The van der Waals surface area contributed by atoms with Crippen molar-refractivity contribution in [3.63, 3.8) is 0 Å². The summed E-state index contributed by atoms with van der Waals surface area (Å²) in [6.07, 6.45) is 0.778. The van der Waals surface area contributed by atoms with Crippen molar-refractivity contribution in [2.24, 2.45) is 7.05 Å². The molecule has 110 valence electrons. The zero-order valence-electron chi connectivity index (χ0n) is 11.2. The third-order valence-electron chi connectivity index (χ3n) is 3.87. The summed E-state index contributed by atoms with van der Waals surface area (Å²) in [5.74, 6) is 1.51. The Morgan fingerprint density at radius 2 is 2.24 bits per heavy atom. The van der Waals surface area contributed by atoms with Crippen LogP contribution >= 0.6 is 11.3 Å². The van der Waals surface area contributed by atoms with Crippen molar-refractivity contribution in [3.05, 3.63) is 17.6 Å². The molecule has 0 radical (unpaired) electrons. The third kappa shape index (κ3) is 1.97. The molecule has 4 rings (SSSR count). The second-order valence-electron chi connectivity index (χ2n) is 5.22. The molecule has 0 N–H and O–H groups in total. The predicted octanol–water partition coefficient (Wildman–Crippen LogP) is 3.89. The van der Waals surface area contributed by atoms with Gasteiger partial charge in [-0.1, -0.05) is 11.6 Å². The molecular weight excluding hydrogens is 298 g/mol. The first-order valence-electron chi connectivity index (χ1n) is 6.72. The number of halogens is 2. The highest BCUT2D eigenvalue weighted by atomic mass is 32.1. The lowest BCUT2D eigenvalue weighted by Crippen LogP contribution is -2.10. The molecule has 1 aliphatic rings. The average Bonchev–Trinajstić information content (AvgIpc) is 3.03. The Balaban J connectivity index is 1.76. The maximum Gasteiger partial charge on any atom is 0.282 e. The minimum atomic E-state index is -2.59. The summed E-state index contributed by atoms with van der Waals surface area (Å²) < 4.78 is 32.7. The first-order chi connectivity index (χ1) is 10.1. The van der Waals surface area contributed by atoms with Crippen LogP contribution in [0.2, 0.25) is 0 Å². The van der Waals surface area contributed by atoms with Gasteiger partial charge in [0.15, 0.2) is 5.82 Å². The second-order valence-corrected chi connectivity index (χ2v) is 6.26. The van der Waals surface area contributed by atoms with Gasteiger partial charge in [0.1, 0.15) is 10.5 Å². The van der Waals surface area contributed by atoms with Gasteiger partial charge < -0.3 is 4.52 Å². The van der Waals surface area contributed by atoms with Crippen LogP contribution in [0.25, 0.3) is 21.0 Å². The van der Waals surface area contributed by atoms with E-state index in [-0.39, 0.29) is 5.69 Å². The highest BCUT2D eigenvalue weighted by Crippen LogP contribution is 2.39. The number of thiophene rings is 1. The van der Waals surface area contributed by atoms with Gasteiger partial charge in [-0.3, -0.25) is 4.68 Å². The molecule has 5 nitrogen and oxygen atoms in total. The van der Waals surface area contributed by atoms with Gasteiger partial charge >= 0.3 is 0 Å². The molecule has 0 unspecified atom stereocenters. The first-order valence-corrected chi connectivity index (χ1v) is 7.53. The van der Waals surface area contributed by atoms with Crippen LogP contribution in [0.15, 0.2) is 10.6 Å². The van der Waals surface area contributed by atoms with E-state index in [2.05, 4.69) is 15.2 Å². The zero-order chi connectivity index (χ0) is 14.6. The monoisotopic (exact) mass is 310 g/mol. The first kappa shape index (κ1) is 12.9. The van der Waals surface area contributed by atoms with E-state index in [0.717, 1.165) is 18.7 Å². The number of alkyl halides is 2. The van der Waals surface area contributed by atoms with Crippen molar-refractivity contribution < 1.29 is 13.3 Å². The minimum absolute atomic E-state index is 0.200. The third-order valence-corrected chi connectivity index (χ3v) is 5.06. The number of fused-ring (bicyclic) bond motifs is 1. The molecule has 0 aliphatic heterocycles. The van der Waals surface area contributed by atoms with Gasteiger partial charge in [-0.05, 0) is 18.9 Å². The zero-order valence-corrected chi connectivity index (χ0v) is 12.0. The van der Waals surface area contributed by atoms with E-state index >= 15 is 0 Å². The molecule has 0 spiro atoms. The van der Waals surface area contributed by atoms with Crippen LogP contribution < -0.4 is 0 Å². The number of aromatic nitrogens is 4. The van der Waals surface area contributed by atoms with Crippen molar-refractivity contribution in [2.75, 3.05) is 0 Å². The highest BCUT2D eigenvalue weighted by molar-refractivity contribution is 7.21. The standard InChI is InChI=1S/C13H12F2N4OS/c1-19-13-7(9(17-19)10(14)15)5-8(21-13)12-16-11(18-20-12)6-3-2-4-6/h5-6,10H,2-4H2,1H3. The van der Waals surface area contributed by atoms with Crippen LogP contribution in [0.1, 0.15) is 43.1 Å². The minimum Gasteiger partial charge on any atom is -0.333 e. The quantitative estimate of drug-likeness (QED) is 0.736. The summed E-state index contributed by atoms with van der Waals surface area (Å²) in [7, 11) is 1.65. The van der Waals surface area contributed by atoms with Crippen LogP contribution in [0.5, 0.6) is 0 Å². The van der Waals surface area contributed by atoms with E-state index in [1.807, 2.05) is 0 Å². The van der Waals surface area contributed by atoms with Crippen molar-refractivity contribution >= 4 is 21.6 Å². The Bertz CT molecular complexity index is 802. The number of rotatable bonds is 3. The Kier molecular flexibility index (Phi) is 2.81. The molecule has 21 heavy (non-hydrogen) atoms. The van der Waals surface area contributed by atoms with Gasteiger partial charge in [-0.2, -0.15) is 10.1 Å². The number of aryl methyl sites for hydroxylation is 1. The van der Waals surface area contributed by atoms with E-state index in [1.54, 1.807) is 13.1 Å². The molecule has 3 aromatic rings. The number of nitrogens with zero attached hydrogens (tertiary/aromatic N) is 4. The molecule has 0 aromatic carbocycles. The smallest absolute Gasteiger partial charge is 0.282 e. The summed E-state index contributed by atoms with van der Waals surface area (Å²) in [5.41, 5.74) is -0.200. The Morgan fingerprint density at radius 3 is 2.90 bits per heavy atom. The van der Waals surface area contributed by atoms with Gasteiger partial charge in [-0.25, -0.2) is 8.78 Å². The van der Waals surface area contributed by atoms with Crippen LogP contribution in [-0.4, -0.2) is 19.9 Å². The molecule has 0 atom stereocenters. The SMILES string of the molecule is Cn1nc(C(F)F)c2cc(-c3nc(C4CCC4)no3)sc21. The lowest BCUT2D eigenvalue weighted by atomic mass is 9.85. The molecule has 3 aromatic heterocycles. The van der Waals surface area contributed by atoms with Gasteiger partial charge in [0.05, 0.1) is 4.88 Å². The lowest BCUT2D eigenvalue weighted by Gasteiger charge is -2.20. The van der Waals surface area contributed by atoms with E-state index < -0.39 is 6.43 Å². The fourth-order valence-corrected chi connectivity index (χ4v) is 3.50. The molecule has 8 heteroatoms. The van der Waals surface area contributed by atoms with Gasteiger partial charge in [0.2, 0.25) is 0 Å². The summed E-state index contributed by atoms with van der Waals surface area (Å²) in [6, 6.07) is 1.66.